The van der Waals surface area contributed by atoms with Crippen LogP contribution in [0.1, 0.15) is 42.9 Å². The van der Waals surface area contributed by atoms with Gasteiger partial charge < -0.3 is 11.1 Å². The molecule has 0 radical (unpaired) electrons. The summed E-state index contributed by atoms with van der Waals surface area (Å²) in [6, 6.07) is 7.08. The molecule has 2 nitrogen and oxygen atoms in total. The Kier molecular flexibility index (Phi) is 5.87. The van der Waals surface area contributed by atoms with Crippen LogP contribution in [0.15, 0.2) is 18.2 Å². The second-order valence-electron chi connectivity index (χ2n) is 5.77. The van der Waals surface area contributed by atoms with Crippen LogP contribution in [-0.2, 0) is 19.3 Å². The van der Waals surface area contributed by atoms with E-state index in [2.05, 4.69) is 30.4 Å². The molecule has 19 heavy (non-hydrogen) atoms. The standard InChI is InChI=1S/C17H28N2/c1-2-14(12-18)13-19-10-9-15-7-8-16-5-3-4-6-17(16)11-15/h7-8,11,14,19H,2-6,9-10,12-13,18H2,1H3. The van der Waals surface area contributed by atoms with Crippen LogP contribution >= 0.6 is 0 Å². The van der Waals surface area contributed by atoms with Crippen LogP contribution in [-0.4, -0.2) is 19.6 Å². The third-order valence-corrected chi connectivity index (χ3v) is 4.35. The molecule has 2 heteroatoms. The Labute approximate surface area is 117 Å². The molecule has 3 N–H and O–H groups in total. The van der Waals surface area contributed by atoms with Gasteiger partial charge >= 0.3 is 0 Å². The van der Waals surface area contributed by atoms with Gasteiger partial charge in [0.25, 0.3) is 0 Å². The van der Waals surface area contributed by atoms with Crippen molar-refractivity contribution in [3.8, 4) is 0 Å². The zero-order valence-corrected chi connectivity index (χ0v) is 12.3. The van der Waals surface area contributed by atoms with Crippen LogP contribution in [0.2, 0.25) is 0 Å². The van der Waals surface area contributed by atoms with Crippen LogP contribution < -0.4 is 11.1 Å². The summed E-state index contributed by atoms with van der Waals surface area (Å²) in [4.78, 5) is 0. The summed E-state index contributed by atoms with van der Waals surface area (Å²) in [7, 11) is 0. The van der Waals surface area contributed by atoms with E-state index in [0.717, 1.165) is 26.1 Å². The molecular weight excluding hydrogens is 232 g/mol. The molecule has 0 saturated heterocycles. The van der Waals surface area contributed by atoms with Crippen molar-refractivity contribution in [2.45, 2.75) is 45.4 Å². The average Bonchev–Trinajstić information content (AvgIpc) is 2.47. The van der Waals surface area contributed by atoms with Gasteiger partial charge in [0.1, 0.15) is 0 Å². The lowest BCUT2D eigenvalue weighted by molar-refractivity contribution is 0.473. The normalized spacial score (nSPS) is 16.1. The van der Waals surface area contributed by atoms with Gasteiger partial charge in [-0.1, -0.05) is 31.5 Å². The zero-order valence-electron chi connectivity index (χ0n) is 12.3. The highest BCUT2D eigenvalue weighted by Crippen LogP contribution is 2.22. The summed E-state index contributed by atoms with van der Waals surface area (Å²) < 4.78 is 0. The van der Waals surface area contributed by atoms with E-state index in [1.807, 2.05) is 0 Å². The van der Waals surface area contributed by atoms with Crippen molar-refractivity contribution in [3.63, 3.8) is 0 Å². The Hall–Kier alpha value is -0.860. The van der Waals surface area contributed by atoms with E-state index >= 15 is 0 Å². The maximum Gasteiger partial charge on any atom is -0.000823 e. The molecule has 1 aromatic rings. The van der Waals surface area contributed by atoms with Crippen LogP contribution in [0, 0.1) is 5.92 Å². The van der Waals surface area contributed by atoms with Crippen molar-refractivity contribution in [1.29, 1.82) is 0 Å². The monoisotopic (exact) mass is 260 g/mol. The molecule has 106 valence electrons. The molecule has 1 aromatic carbocycles. The van der Waals surface area contributed by atoms with E-state index in [9.17, 15) is 0 Å². The number of rotatable bonds is 7. The first-order valence-electron chi connectivity index (χ1n) is 7.85. The summed E-state index contributed by atoms with van der Waals surface area (Å²) >= 11 is 0. The molecule has 0 amide bonds. The third-order valence-electron chi connectivity index (χ3n) is 4.35. The van der Waals surface area contributed by atoms with E-state index in [4.69, 9.17) is 5.73 Å². The topological polar surface area (TPSA) is 38.0 Å². The Morgan fingerprint density at radius 3 is 2.74 bits per heavy atom. The summed E-state index contributed by atoms with van der Waals surface area (Å²) in [6.07, 6.45) is 7.59. The Balaban J connectivity index is 1.77. The second-order valence-corrected chi connectivity index (χ2v) is 5.77. The van der Waals surface area contributed by atoms with E-state index < -0.39 is 0 Å². The number of nitrogens with two attached hydrogens (primary N) is 1. The van der Waals surface area contributed by atoms with Gasteiger partial charge in [0.15, 0.2) is 0 Å². The Morgan fingerprint density at radius 1 is 1.21 bits per heavy atom. The fourth-order valence-electron chi connectivity index (χ4n) is 2.88. The molecule has 0 fully saturated rings. The van der Waals surface area contributed by atoms with Crippen molar-refractivity contribution in [2.24, 2.45) is 11.7 Å². The number of hydrogen-bond donors (Lipinski definition) is 2. The van der Waals surface area contributed by atoms with Gasteiger partial charge in [-0.15, -0.1) is 0 Å². The summed E-state index contributed by atoms with van der Waals surface area (Å²) in [5, 5.41) is 3.54. The summed E-state index contributed by atoms with van der Waals surface area (Å²) in [6.45, 7) is 5.12. The molecule has 0 spiro atoms. The Bertz CT molecular complexity index is 383. The zero-order chi connectivity index (χ0) is 13.5. The third kappa shape index (κ3) is 4.32. The second kappa shape index (κ2) is 7.66. The first kappa shape index (κ1) is 14.5. The van der Waals surface area contributed by atoms with E-state index in [-0.39, 0.29) is 0 Å². The molecule has 1 aliphatic rings. The number of aryl methyl sites for hydroxylation is 2. The summed E-state index contributed by atoms with van der Waals surface area (Å²) in [5.74, 6) is 0.628. The molecule has 1 unspecified atom stereocenters. The number of nitrogens with one attached hydrogen (secondary N) is 1. The van der Waals surface area contributed by atoms with Crippen molar-refractivity contribution in [1.82, 2.24) is 5.32 Å². The molecule has 0 heterocycles. The fraction of sp³-hybridized carbons (Fsp3) is 0.647. The molecule has 0 saturated carbocycles. The number of fused-ring (bicyclic) bond motifs is 1. The Morgan fingerprint density at radius 2 is 2.00 bits per heavy atom. The minimum absolute atomic E-state index is 0.628. The van der Waals surface area contributed by atoms with E-state index in [1.165, 1.54) is 37.7 Å². The fourth-order valence-corrected chi connectivity index (χ4v) is 2.88. The smallest absolute Gasteiger partial charge is 0.000823 e. The maximum atomic E-state index is 5.71. The van der Waals surface area contributed by atoms with Crippen molar-refractivity contribution in [3.05, 3.63) is 34.9 Å². The SMILES string of the molecule is CCC(CN)CNCCc1ccc2c(c1)CCCC2. The molecule has 2 rings (SSSR count). The largest absolute Gasteiger partial charge is 0.330 e. The number of benzene rings is 1. The molecule has 1 atom stereocenters. The minimum Gasteiger partial charge on any atom is -0.330 e. The van der Waals surface area contributed by atoms with E-state index in [1.54, 1.807) is 11.1 Å². The molecule has 0 aliphatic heterocycles. The number of hydrogen-bond acceptors (Lipinski definition) is 2. The minimum atomic E-state index is 0.628. The molecular formula is C17H28N2. The summed E-state index contributed by atoms with van der Waals surface area (Å²) in [5.41, 5.74) is 10.4. The van der Waals surface area contributed by atoms with Crippen molar-refractivity contribution >= 4 is 0 Å². The van der Waals surface area contributed by atoms with Gasteiger partial charge in [-0.2, -0.15) is 0 Å². The molecule has 1 aliphatic carbocycles. The van der Waals surface area contributed by atoms with Crippen LogP contribution in [0.4, 0.5) is 0 Å². The van der Waals surface area contributed by atoms with Crippen LogP contribution in [0.5, 0.6) is 0 Å². The highest BCUT2D eigenvalue weighted by Gasteiger charge is 2.09. The predicted molar refractivity (Wildman–Crippen MR) is 82.5 cm³/mol. The van der Waals surface area contributed by atoms with Crippen molar-refractivity contribution in [2.75, 3.05) is 19.6 Å². The average molecular weight is 260 g/mol. The van der Waals surface area contributed by atoms with Gasteiger partial charge in [-0.3, -0.25) is 0 Å². The van der Waals surface area contributed by atoms with Crippen LogP contribution in [0.25, 0.3) is 0 Å². The first-order chi connectivity index (χ1) is 9.33. The highest BCUT2D eigenvalue weighted by molar-refractivity contribution is 5.33. The van der Waals surface area contributed by atoms with Gasteiger partial charge in [0.05, 0.1) is 0 Å². The van der Waals surface area contributed by atoms with Crippen LogP contribution in [0.3, 0.4) is 0 Å². The quantitative estimate of drug-likeness (QED) is 0.740. The first-order valence-corrected chi connectivity index (χ1v) is 7.85. The lowest BCUT2D eigenvalue weighted by Crippen LogP contribution is -2.29. The van der Waals surface area contributed by atoms with Gasteiger partial charge in [-0.05, 0) is 74.3 Å². The molecule has 0 aromatic heterocycles. The molecule has 0 bridgehead atoms. The highest BCUT2D eigenvalue weighted by atomic mass is 14.9. The predicted octanol–water partition coefficient (Wildman–Crippen LogP) is 2.68. The van der Waals surface area contributed by atoms with Gasteiger partial charge in [0.2, 0.25) is 0 Å². The van der Waals surface area contributed by atoms with E-state index in [0.29, 0.717) is 5.92 Å². The lowest BCUT2D eigenvalue weighted by atomic mass is 9.90. The van der Waals surface area contributed by atoms with Gasteiger partial charge in [0, 0.05) is 0 Å². The van der Waals surface area contributed by atoms with Gasteiger partial charge in [-0.25, -0.2) is 0 Å². The lowest BCUT2D eigenvalue weighted by Gasteiger charge is -2.17. The maximum absolute atomic E-state index is 5.71. The van der Waals surface area contributed by atoms with Crippen molar-refractivity contribution < 1.29 is 0 Å².